The summed E-state index contributed by atoms with van der Waals surface area (Å²) in [4.78, 5) is 22.0. The molecule has 8 nitrogen and oxygen atoms in total. The van der Waals surface area contributed by atoms with Crippen LogP contribution in [0.25, 0.3) is 22.0 Å². The van der Waals surface area contributed by atoms with Crippen LogP contribution in [0.1, 0.15) is 30.1 Å². The number of anilines is 1. The van der Waals surface area contributed by atoms with Crippen molar-refractivity contribution < 1.29 is 17.9 Å². The Morgan fingerprint density at radius 2 is 2.00 bits per heavy atom. The number of fused-ring (bicyclic) bond motifs is 1. The number of pyridine rings is 1. The number of nitrogens with zero attached hydrogens (tertiary/aromatic N) is 2. The summed E-state index contributed by atoms with van der Waals surface area (Å²) in [6.07, 6.45) is 2.67. The number of aromatic nitrogens is 2. The van der Waals surface area contributed by atoms with E-state index in [9.17, 15) is 13.2 Å². The number of hydrogen-bond acceptors (Lipinski definition) is 6. The van der Waals surface area contributed by atoms with Crippen LogP contribution in [-0.4, -0.2) is 51.3 Å². The molecule has 0 atom stereocenters. The minimum atomic E-state index is -3.71. The predicted octanol–water partition coefficient (Wildman–Crippen LogP) is 3.82. The van der Waals surface area contributed by atoms with Gasteiger partial charge in [-0.25, -0.2) is 13.1 Å². The molecule has 0 bridgehead atoms. The minimum Gasteiger partial charge on any atom is -0.480 e. The molecule has 0 aliphatic rings. The number of benzene rings is 1. The lowest BCUT2D eigenvalue weighted by Gasteiger charge is -2.15. The highest BCUT2D eigenvalue weighted by Gasteiger charge is 2.21. The first-order valence-corrected chi connectivity index (χ1v) is 11.8. The summed E-state index contributed by atoms with van der Waals surface area (Å²) in [6.45, 7) is 1.89. The minimum absolute atomic E-state index is 0.101. The van der Waals surface area contributed by atoms with Crippen molar-refractivity contribution in [3.05, 3.63) is 41.0 Å². The number of halogens is 1. The summed E-state index contributed by atoms with van der Waals surface area (Å²) >= 11 is 6.51. The first-order valence-electron chi connectivity index (χ1n) is 9.75. The molecule has 0 saturated carbocycles. The molecule has 1 amide bonds. The Labute approximate surface area is 186 Å². The topological polar surface area (TPSA) is 104 Å². The maximum absolute atomic E-state index is 12.7. The lowest BCUT2D eigenvalue weighted by atomic mass is 10.0. The van der Waals surface area contributed by atoms with E-state index in [1.165, 1.54) is 13.3 Å². The van der Waals surface area contributed by atoms with Crippen LogP contribution < -0.4 is 14.4 Å². The summed E-state index contributed by atoms with van der Waals surface area (Å²) in [7, 11) is 1.57. The zero-order valence-corrected chi connectivity index (χ0v) is 19.4. The fourth-order valence-corrected chi connectivity index (χ4v) is 4.59. The highest BCUT2D eigenvalue weighted by molar-refractivity contribution is 7.90. The van der Waals surface area contributed by atoms with Crippen molar-refractivity contribution >= 4 is 44.3 Å². The van der Waals surface area contributed by atoms with Gasteiger partial charge >= 0.3 is 0 Å². The normalized spacial score (nSPS) is 11.5. The molecule has 0 aliphatic heterocycles. The second kappa shape index (κ2) is 9.15. The first kappa shape index (κ1) is 22.9. The Morgan fingerprint density at radius 3 is 2.65 bits per heavy atom. The smallest absolute Gasteiger partial charge is 0.266 e. The molecule has 2 N–H and O–H groups in total. The molecule has 166 valence electrons. The molecule has 0 saturated heterocycles. The van der Waals surface area contributed by atoms with Crippen molar-refractivity contribution in [1.29, 1.82) is 0 Å². The second-order valence-electron chi connectivity index (χ2n) is 7.30. The van der Waals surface area contributed by atoms with Crippen LogP contribution in [0.4, 0.5) is 5.82 Å². The van der Waals surface area contributed by atoms with Gasteiger partial charge in [-0.3, -0.25) is 4.79 Å². The highest BCUT2D eigenvalue weighted by atomic mass is 35.5. The number of hydrogen-bond donors (Lipinski definition) is 2. The number of ether oxygens (including phenoxy) is 1. The zero-order valence-electron chi connectivity index (χ0n) is 17.8. The van der Waals surface area contributed by atoms with E-state index in [0.717, 1.165) is 5.82 Å². The van der Waals surface area contributed by atoms with E-state index in [-0.39, 0.29) is 11.3 Å². The summed E-state index contributed by atoms with van der Waals surface area (Å²) in [6, 6.07) is 7.10. The van der Waals surface area contributed by atoms with E-state index >= 15 is 0 Å². The second-order valence-corrected chi connectivity index (χ2v) is 9.55. The number of aromatic amines is 1. The third-order valence-electron chi connectivity index (χ3n) is 4.82. The Hall–Kier alpha value is -2.78. The number of rotatable bonds is 8. The number of carbonyl (C=O) groups is 1. The molecule has 10 heteroatoms. The van der Waals surface area contributed by atoms with Crippen LogP contribution in [0.5, 0.6) is 5.88 Å². The molecule has 3 aromatic rings. The lowest BCUT2D eigenvalue weighted by Crippen LogP contribution is -2.32. The molecule has 0 aliphatic carbocycles. The van der Waals surface area contributed by atoms with Crippen molar-refractivity contribution in [1.82, 2.24) is 14.7 Å². The van der Waals surface area contributed by atoms with Crippen LogP contribution in [0.2, 0.25) is 5.02 Å². The van der Waals surface area contributed by atoms with Gasteiger partial charge in [-0.1, -0.05) is 24.9 Å². The Kier molecular flexibility index (Phi) is 6.76. The Balaban J connectivity index is 2.05. The Bertz CT molecular complexity index is 1220. The molecule has 3 rings (SSSR count). The van der Waals surface area contributed by atoms with Gasteiger partial charge in [0.05, 0.1) is 23.4 Å². The van der Waals surface area contributed by atoms with Crippen molar-refractivity contribution in [3.8, 4) is 17.0 Å². The largest absolute Gasteiger partial charge is 0.480 e. The van der Waals surface area contributed by atoms with Crippen LogP contribution in [-0.2, 0) is 10.0 Å². The molecule has 0 radical (unpaired) electrons. The van der Waals surface area contributed by atoms with Crippen molar-refractivity contribution in [2.45, 2.75) is 19.8 Å². The summed E-state index contributed by atoms with van der Waals surface area (Å²) in [5.41, 5.74) is 2.10. The van der Waals surface area contributed by atoms with Gasteiger partial charge in [0.2, 0.25) is 15.9 Å². The number of nitrogens with one attached hydrogen (secondary N) is 2. The quantitative estimate of drug-likeness (QED) is 0.525. The number of carbonyl (C=O) groups excluding carboxylic acids is 1. The van der Waals surface area contributed by atoms with E-state index in [1.807, 2.05) is 38.1 Å². The standard InChI is InChI=1S/C21H25ClN4O4S/c1-5-6-9-31(28,29)25-20(27)16-12-23-18-11-17(22)14(10-15(16)18)13-7-8-19(26(2)3)24-21(13)30-4/h7-8,10-12,23H,5-6,9H2,1-4H3,(H,25,27). The van der Waals surface area contributed by atoms with Gasteiger partial charge in [-0.15, -0.1) is 0 Å². The predicted molar refractivity (Wildman–Crippen MR) is 124 cm³/mol. The van der Waals surface area contributed by atoms with Crippen LogP contribution >= 0.6 is 11.6 Å². The van der Waals surface area contributed by atoms with E-state index in [0.29, 0.717) is 45.8 Å². The van der Waals surface area contributed by atoms with Crippen LogP contribution in [0.15, 0.2) is 30.5 Å². The van der Waals surface area contributed by atoms with Gasteiger partial charge in [0.1, 0.15) is 5.82 Å². The summed E-state index contributed by atoms with van der Waals surface area (Å²) in [5, 5.41) is 0.982. The molecule has 0 spiro atoms. The maximum Gasteiger partial charge on any atom is 0.266 e. The number of H-pyrrole nitrogens is 1. The van der Waals surface area contributed by atoms with Crippen LogP contribution in [0, 0.1) is 0 Å². The summed E-state index contributed by atoms with van der Waals surface area (Å²) in [5.74, 6) is 0.312. The average Bonchev–Trinajstić information content (AvgIpc) is 3.13. The highest BCUT2D eigenvalue weighted by Crippen LogP contribution is 2.38. The SMILES string of the molecule is CCCCS(=O)(=O)NC(=O)c1c[nH]c2cc(Cl)c(-c3ccc(N(C)C)nc3OC)cc12. The molecule has 31 heavy (non-hydrogen) atoms. The van der Waals surface area contributed by atoms with Gasteiger partial charge in [0.15, 0.2) is 0 Å². The maximum atomic E-state index is 12.7. The van der Waals surface area contributed by atoms with Crippen LogP contribution in [0.3, 0.4) is 0 Å². The Morgan fingerprint density at radius 1 is 1.26 bits per heavy atom. The van der Waals surface area contributed by atoms with E-state index in [1.54, 1.807) is 12.1 Å². The number of methoxy groups -OCH3 is 1. The van der Waals surface area contributed by atoms with E-state index in [2.05, 4.69) is 14.7 Å². The summed E-state index contributed by atoms with van der Waals surface area (Å²) < 4.78 is 31.9. The fourth-order valence-electron chi connectivity index (χ4n) is 3.16. The molecular formula is C21H25ClN4O4S. The first-order chi connectivity index (χ1) is 14.7. The van der Waals surface area contributed by atoms with Gasteiger partial charge < -0.3 is 14.6 Å². The fraction of sp³-hybridized carbons (Fsp3) is 0.333. The third-order valence-corrected chi connectivity index (χ3v) is 6.45. The molecule has 2 heterocycles. The number of unbranched alkanes of at least 4 members (excludes halogenated alkanes) is 1. The number of sulfonamides is 1. The van der Waals surface area contributed by atoms with Gasteiger partial charge in [0, 0.05) is 42.3 Å². The molecular weight excluding hydrogens is 440 g/mol. The third kappa shape index (κ3) is 4.94. The van der Waals surface area contributed by atoms with Gasteiger partial charge in [-0.2, -0.15) is 4.98 Å². The molecule has 1 aromatic carbocycles. The molecule has 2 aromatic heterocycles. The van der Waals surface area contributed by atoms with Crippen molar-refractivity contribution in [2.75, 3.05) is 31.9 Å². The molecule has 0 unspecified atom stereocenters. The zero-order chi connectivity index (χ0) is 22.8. The average molecular weight is 465 g/mol. The lowest BCUT2D eigenvalue weighted by molar-refractivity contribution is 0.0983. The van der Waals surface area contributed by atoms with Crippen molar-refractivity contribution in [3.63, 3.8) is 0 Å². The number of amides is 1. The van der Waals surface area contributed by atoms with Gasteiger partial charge in [-0.05, 0) is 30.7 Å². The van der Waals surface area contributed by atoms with Gasteiger partial charge in [0.25, 0.3) is 5.91 Å². The van der Waals surface area contributed by atoms with E-state index < -0.39 is 15.9 Å². The molecule has 0 fully saturated rings. The van der Waals surface area contributed by atoms with Crippen molar-refractivity contribution in [2.24, 2.45) is 0 Å². The van der Waals surface area contributed by atoms with E-state index in [4.69, 9.17) is 16.3 Å². The monoisotopic (exact) mass is 464 g/mol.